The molecule has 1 fully saturated rings. The molecule has 1 aliphatic heterocycles. The number of rotatable bonds is 3. The van der Waals surface area contributed by atoms with Crippen molar-refractivity contribution < 1.29 is 14.0 Å². The molecule has 0 unspecified atom stereocenters. The third kappa shape index (κ3) is 3.96. The molecule has 1 saturated heterocycles. The molecule has 2 aromatic carbocycles. The number of aryl methyl sites for hydroxylation is 1. The molecule has 0 spiro atoms. The molecule has 1 aliphatic rings. The quantitative estimate of drug-likeness (QED) is 0.761. The van der Waals surface area contributed by atoms with E-state index in [1.165, 1.54) is 23.8 Å². The standard InChI is InChI=1S/C20H20BrFN2O2/c1-2-14-3-5-15(6-4-14)19(25)23-9-11-24(12-10-23)20(26)17-8-7-16(22)13-18(17)21/h3-8,13H,2,9-12H2,1H3. The first-order valence-electron chi connectivity index (χ1n) is 8.62. The summed E-state index contributed by atoms with van der Waals surface area (Å²) in [5.41, 5.74) is 2.30. The van der Waals surface area contributed by atoms with Gasteiger partial charge in [-0.1, -0.05) is 19.1 Å². The molecule has 0 bridgehead atoms. The average Bonchev–Trinajstić information content (AvgIpc) is 2.67. The number of carbonyl (C=O) groups excluding carboxylic acids is 2. The summed E-state index contributed by atoms with van der Waals surface area (Å²) in [5.74, 6) is -0.558. The molecule has 0 atom stereocenters. The zero-order valence-corrected chi connectivity index (χ0v) is 16.1. The van der Waals surface area contributed by atoms with Gasteiger partial charge in [0.2, 0.25) is 0 Å². The van der Waals surface area contributed by atoms with Gasteiger partial charge in [-0.15, -0.1) is 0 Å². The van der Waals surface area contributed by atoms with Crippen molar-refractivity contribution in [2.24, 2.45) is 0 Å². The van der Waals surface area contributed by atoms with Gasteiger partial charge >= 0.3 is 0 Å². The first-order valence-corrected chi connectivity index (χ1v) is 9.41. The second kappa shape index (κ2) is 7.99. The van der Waals surface area contributed by atoms with Crippen LogP contribution in [0, 0.1) is 5.82 Å². The highest BCUT2D eigenvalue weighted by molar-refractivity contribution is 9.10. The van der Waals surface area contributed by atoms with Crippen LogP contribution in [0.3, 0.4) is 0 Å². The normalized spacial score (nSPS) is 14.4. The number of halogens is 2. The highest BCUT2D eigenvalue weighted by atomic mass is 79.9. The molecule has 136 valence electrons. The molecule has 6 heteroatoms. The number of nitrogens with zero attached hydrogens (tertiary/aromatic N) is 2. The summed E-state index contributed by atoms with van der Waals surface area (Å²) < 4.78 is 13.6. The van der Waals surface area contributed by atoms with E-state index in [1.54, 1.807) is 9.80 Å². The maximum Gasteiger partial charge on any atom is 0.255 e. The van der Waals surface area contributed by atoms with E-state index >= 15 is 0 Å². The zero-order chi connectivity index (χ0) is 18.7. The highest BCUT2D eigenvalue weighted by Gasteiger charge is 2.26. The molecule has 0 N–H and O–H groups in total. The van der Waals surface area contributed by atoms with Gasteiger partial charge in [-0.05, 0) is 58.2 Å². The average molecular weight is 419 g/mol. The highest BCUT2D eigenvalue weighted by Crippen LogP contribution is 2.21. The zero-order valence-electron chi connectivity index (χ0n) is 14.5. The number of carbonyl (C=O) groups is 2. The van der Waals surface area contributed by atoms with E-state index in [1.807, 2.05) is 24.3 Å². The van der Waals surface area contributed by atoms with Gasteiger partial charge in [-0.2, -0.15) is 0 Å². The number of amides is 2. The molecule has 0 radical (unpaired) electrons. The summed E-state index contributed by atoms with van der Waals surface area (Å²) >= 11 is 3.24. The van der Waals surface area contributed by atoms with Crippen molar-refractivity contribution in [2.75, 3.05) is 26.2 Å². The van der Waals surface area contributed by atoms with E-state index < -0.39 is 5.82 Å². The summed E-state index contributed by atoms with van der Waals surface area (Å²) in [7, 11) is 0. The Morgan fingerprint density at radius 2 is 1.54 bits per heavy atom. The first kappa shape index (κ1) is 18.6. The van der Waals surface area contributed by atoms with Gasteiger partial charge in [-0.3, -0.25) is 9.59 Å². The molecule has 0 aromatic heterocycles. The van der Waals surface area contributed by atoms with Crippen LogP contribution in [0.15, 0.2) is 46.9 Å². The van der Waals surface area contributed by atoms with Crippen LogP contribution in [0.2, 0.25) is 0 Å². The predicted octanol–water partition coefficient (Wildman–Crippen LogP) is 3.75. The topological polar surface area (TPSA) is 40.6 Å². The van der Waals surface area contributed by atoms with Crippen molar-refractivity contribution in [3.63, 3.8) is 0 Å². The van der Waals surface area contributed by atoms with Gasteiger partial charge in [0.25, 0.3) is 11.8 Å². The minimum absolute atomic E-state index is 0.0114. The Hall–Kier alpha value is -2.21. The summed E-state index contributed by atoms with van der Waals surface area (Å²) in [6.07, 6.45) is 0.939. The van der Waals surface area contributed by atoms with Crippen molar-refractivity contribution in [2.45, 2.75) is 13.3 Å². The van der Waals surface area contributed by atoms with Crippen LogP contribution in [0.25, 0.3) is 0 Å². The lowest BCUT2D eigenvalue weighted by Gasteiger charge is -2.35. The van der Waals surface area contributed by atoms with Crippen LogP contribution in [-0.4, -0.2) is 47.8 Å². The van der Waals surface area contributed by atoms with Crippen LogP contribution in [0.5, 0.6) is 0 Å². The maximum atomic E-state index is 13.2. The fourth-order valence-corrected chi connectivity index (χ4v) is 3.53. The van der Waals surface area contributed by atoms with Crippen molar-refractivity contribution in [1.82, 2.24) is 9.80 Å². The van der Waals surface area contributed by atoms with Gasteiger partial charge in [0.05, 0.1) is 5.56 Å². The molecule has 0 aliphatic carbocycles. The van der Waals surface area contributed by atoms with E-state index in [9.17, 15) is 14.0 Å². The Kier molecular flexibility index (Phi) is 5.71. The Morgan fingerprint density at radius 3 is 2.08 bits per heavy atom. The van der Waals surface area contributed by atoms with Crippen LogP contribution in [-0.2, 0) is 6.42 Å². The molecule has 2 amide bonds. The summed E-state index contributed by atoms with van der Waals surface area (Å²) in [5, 5.41) is 0. The Bertz CT molecular complexity index is 815. The van der Waals surface area contributed by atoms with Gasteiger partial charge < -0.3 is 9.80 Å². The van der Waals surface area contributed by atoms with Crippen LogP contribution in [0.4, 0.5) is 4.39 Å². The summed E-state index contributed by atoms with van der Waals surface area (Å²) in [4.78, 5) is 28.7. The van der Waals surface area contributed by atoms with E-state index in [0.29, 0.717) is 41.8 Å². The smallest absolute Gasteiger partial charge is 0.255 e. The lowest BCUT2D eigenvalue weighted by Crippen LogP contribution is -2.50. The second-order valence-corrected chi connectivity index (χ2v) is 7.11. The van der Waals surface area contributed by atoms with Crippen LogP contribution < -0.4 is 0 Å². The summed E-state index contributed by atoms with van der Waals surface area (Å²) in [6.45, 7) is 3.97. The van der Waals surface area contributed by atoms with Gasteiger partial charge in [0.1, 0.15) is 5.82 Å². The number of benzene rings is 2. The third-order valence-electron chi connectivity index (χ3n) is 4.62. The Morgan fingerprint density at radius 1 is 0.962 bits per heavy atom. The fourth-order valence-electron chi connectivity index (χ4n) is 3.01. The Balaban J connectivity index is 1.63. The molecule has 0 saturated carbocycles. The Labute approximate surface area is 160 Å². The third-order valence-corrected chi connectivity index (χ3v) is 5.28. The minimum atomic E-state index is -0.391. The van der Waals surface area contributed by atoms with Gasteiger partial charge in [-0.25, -0.2) is 4.39 Å². The number of piperazine rings is 1. The molecular weight excluding hydrogens is 399 g/mol. The number of hydrogen-bond acceptors (Lipinski definition) is 2. The lowest BCUT2D eigenvalue weighted by molar-refractivity contribution is 0.0535. The molecular formula is C20H20BrFN2O2. The van der Waals surface area contributed by atoms with Gasteiger partial charge in [0, 0.05) is 36.2 Å². The van der Waals surface area contributed by atoms with E-state index in [-0.39, 0.29) is 11.8 Å². The van der Waals surface area contributed by atoms with Crippen molar-refractivity contribution in [3.05, 3.63) is 69.4 Å². The van der Waals surface area contributed by atoms with Crippen molar-refractivity contribution in [1.29, 1.82) is 0 Å². The molecule has 1 heterocycles. The minimum Gasteiger partial charge on any atom is -0.335 e. The molecule has 2 aromatic rings. The van der Waals surface area contributed by atoms with Gasteiger partial charge in [0.15, 0.2) is 0 Å². The van der Waals surface area contributed by atoms with E-state index in [4.69, 9.17) is 0 Å². The van der Waals surface area contributed by atoms with Crippen molar-refractivity contribution in [3.8, 4) is 0 Å². The SMILES string of the molecule is CCc1ccc(C(=O)N2CCN(C(=O)c3ccc(F)cc3Br)CC2)cc1. The predicted molar refractivity (Wildman–Crippen MR) is 102 cm³/mol. The molecule has 3 rings (SSSR count). The molecule has 26 heavy (non-hydrogen) atoms. The van der Waals surface area contributed by atoms with Crippen molar-refractivity contribution >= 4 is 27.7 Å². The fraction of sp³-hybridized carbons (Fsp3) is 0.300. The molecule has 4 nitrogen and oxygen atoms in total. The maximum absolute atomic E-state index is 13.2. The lowest BCUT2D eigenvalue weighted by atomic mass is 10.1. The largest absolute Gasteiger partial charge is 0.335 e. The number of hydrogen-bond donors (Lipinski definition) is 0. The van der Waals surface area contributed by atoms with E-state index in [0.717, 1.165) is 6.42 Å². The monoisotopic (exact) mass is 418 g/mol. The summed E-state index contributed by atoms with van der Waals surface area (Å²) in [6, 6.07) is 11.7. The van der Waals surface area contributed by atoms with E-state index in [2.05, 4.69) is 22.9 Å². The van der Waals surface area contributed by atoms with Crippen LogP contribution in [0.1, 0.15) is 33.2 Å². The van der Waals surface area contributed by atoms with Crippen LogP contribution >= 0.6 is 15.9 Å². The first-order chi connectivity index (χ1) is 12.5. The second-order valence-electron chi connectivity index (χ2n) is 6.26.